The van der Waals surface area contributed by atoms with Crippen LogP contribution in [-0.4, -0.2) is 82.0 Å². The van der Waals surface area contributed by atoms with Gasteiger partial charge in [-0.2, -0.15) is 0 Å². The van der Waals surface area contributed by atoms with Gasteiger partial charge in [-0.1, -0.05) is 6.92 Å². The van der Waals surface area contributed by atoms with Crippen molar-refractivity contribution in [1.29, 1.82) is 0 Å². The van der Waals surface area contributed by atoms with Crippen LogP contribution < -0.4 is 5.32 Å². The van der Waals surface area contributed by atoms with E-state index >= 15 is 0 Å². The molecule has 0 saturated carbocycles. The molecule has 8 nitrogen and oxygen atoms in total. The van der Waals surface area contributed by atoms with Gasteiger partial charge in [-0.25, -0.2) is 9.78 Å². The molecule has 24 heavy (non-hydrogen) atoms. The highest BCUT2D eigenvalue weighted by atomic mass is 16.2. The fourth-order valence-corrected chi connectivity index (χ4v) is 3.52. The van der Waals surface area contributed by atoms with Crippen LogP contribution in [0.25, 0.3) is 0 Å². The van der Waals surface area contributed by atoms with Crippen LogP contribution in [0.1, 0.15) is 25.2 Å². The van der Waals surface area contributed by atoms with Crippen LogP contribution in [0.4, 0.5) is 4.79 Å². The lowest BCUT2D eigenvalue weighted by molar-refractivity contribution is -0.128. The quantitative estimate of drug-likeness (QED) is 0.847. The van der Waals surface area contributed by atoms with Crippen molar-refractivity contribution in [1.82, 2.24) is 29.6 Å². The SMILES string of the molecule is CCN1CCN(C(=O)N[C@H]2CCN(C)C2=O)C[C@@H]1c1nccn1C. The fraction of sp³-hybridized carbons (Fsp3) is 0.688. The number of carbonyl (C=O) groups excluding carboxylic acids is 2. The van der Waals surface area contributed by atoms with Gasteiger partial charge in [-0.05, 0) is 13.0 Å². The Hall–Kier alpha value is -2.09. The van der Waals surface area contributed by atoms with E-state index in [0.717, 1.165) is 18.9 Å². The van der Waals surface area contributed by atoms with Gasteiger partial charge in [0.05, 0.1) is 6.04 Å². The first-order valence-electron chi connectivity index (χ1n) is 8.53. The molecule has 2 saturated heterocycles. The number of amides is 3. The third-order valence-electron chi connectivity index (χ3n) is 5.07. The van der Waals surface area contributed by atoms with Gasteiger partial charge in [-0.15, -0.1) is 0 Å². The van der Waals surface area contributed by atoms with Crippen molar-refractivity contribution in [2.24, 2.45) is 7.05 Å². The van der Waals surface area contributed by atoms with Crippen LogP contribution in [0.3, 0.4) is 0 Å². The molecule has 0 radical (unpaired) electrons. The maximum atomic E-state index is 12.6. The first-order valence-corrected chi connectivity index (χ1v) is 8.53. The van der Waals surface area contributed by atoms with E-state index in [9.17, 15) is 9.59 Å². The molecule has 2 fully saturated rings. The molecule has 0 spiro atoms. The molecule has 1 aromatic rings. The number of hydrogen-bond donors (Lipinski definition) is 1. The summed E-state index contributed by atoms with van der Waals surface area (Å²) in [5.74, 6) is 0.960. The van der Waals surface area contributed by atoms with Crippen LogP contribution >= 0.6 is 0 Å². The van der Waals surface area contributed by atoms with Crippen LogP contribution in [-0.2, 0) is 11.8 Å². The number of rotatable bonds is 3. The van der Waals surface area contributed by atoms with Gasteiger partial charge < -0.3 is 19.7 Å². The number of likely N-dealkylation sites (tertiary alicyclic amines) is 1. The summed E-state index contributed by atoms with van der Waals surface area (Å²) in [5.41, 5.74) is 0. The number of urea groups is 1. The van der Waals surface area contributed by atoms with Gasteiger partial charge in [0.15, 0.2) is 0 Å². The normalized spacial score (nSPS) is 25.4. The minimum absolute atomic E-state index is 0.00352. The van der Waals surface area contributed by atoms with Crippen LogP contribution in [0.2, 0.25) is 0 Å². The van der Waals surface area contributed by atoms with Gasteiger partial charge in [-0.3, -0.25) is 9.69 Å². The number of nitrogens with zero attached hydrogens (tertiary/aromatic N) is 5. The first kappa shape index (κ1) is 16.8. The third kappa shape index (κ3) is 3.10. The number of imidazole rings is 1. The number of aromatic nitrogens is 2. The summed E-state index contributed by atoms with van der Waals surface area (Å²) >= 11 is 0. The summed E-state index contributed by atoms with van der Waals surface area (Å²) in [5, 5.41) is 2.89. The molecule has 0 unspecified atom stereocenters. The Kier molecular flexibility index (Phi) is 4.75. The molecule has 132 valence electrons. The van der Waals surface area contributed by atoms with E-state index < -0.39 is 6.04 Å². The van der Waals surface area contributed by atoms with Crippen LogP contribution in [0.15, 0.2) is 12.4 Å². The van der Waals surface area contributed by atoms with Crippen molar-refractivity contribution in [2.45, 2.75) is 25.4 Å². The highest BCUT2D eigenvalue weighted by Gasteiger charge is 2.35. The Labute approximate surface area is 142 Å². The Bertz CT molecular complexity index is 615. The molecule has 1 N–H and O–H groups in total. The average molecular weight is 334 g/mol. The van der Waals surface area contributed by atoms with Crippen molar-refractivity contribution in [2.75, 3.05) is 39.8 Å². The lowest BCUT2D eigenvalue weighted by Gasteiger charge is -2.40. The Balaban J connectivity index is 1.67. The zero-order valence-corrected chi connectivity index (χ0v) is 14.6. The summed E-state index contributed by atoms with van der Waals surface area (Å²) in [6.07, 6.45) is 4.39. The van der Waals surface area contributed by atoms with Crippen molar-refractivity contribution >= 4 is 11.9 Å². The second-order valence-corrected chi connectivity index (χ2v) is 6.54. The number of hydrogen-bond acceptors (Lipinski definition) is 4. The van der Waals surface area contributed by atoms with Crippen LogP contribution in [0.5, 0.6) is 0 Å². The number of aryl methyl sites for hydroxylation is 1. The summed E-state index contributed by atoms with van der Waals surface area (Å²) in [4.78, 5) is 34.8. The summed E-state index contributed by atoms with van der Waals surface area (Å²) in [7, 11) is 3.74. The van der Waals surface area contributed by atoms with Crippen LogP contribution in [0, 0.1) is 0 Å². The van der Waals surface area contributed by atoms with Gasteiger partial charge in [0.1, 0.15) is 11.9 Å². The molecule has 2 atom stereocenters. The summed E-state index contributed by atoms with van der Waals surface area (Å²) < 4.78 is 2.00. The molecular weight excluding hydrogens is 308 g/mol. The Morgan fingerprint density at radius 2 is 2.12 bits per heavy atom. The number of nitrogens with one attached hydrogen (secondary N) is 1. The molecule has 3 amide bonds. The van der Waals surface area contributed by atoms with Gasteiger partial charge in [0, 0.05) is 52.7 Å². The average Bonchev–Trinajstić information content (AvgIpc) is 3.14. The number of piperazine rings is 1. The zero-order chi connectivity index (χ0) is 17.3. The second kappa shape index (κ2) is 6.80. The van der Waals surface area contributed by atoms with E-state index in [1.165, 1.54) is 0 Å². The van der Waals surface area contributed by atoms with Crippen molar-refractivity contribution in [3.8, 4) is 0 Å². The van der Waals surface area contributed by atoms with Gasteiger partial charge in [0.25, 0.3) is 0 Å². The highest BCUT2D eigenvalue weighted by molar-refractivity contribution is 5.88. The lowest BCUT2D eigenvalue weighted by Crippen LogP contribution is -2.55. The van der Waals surface area contributed by atoms with E-state index in [4.69, 9.17) is 0 Å². The second-order valence-electron chi connectivity index (χ2n) is 6.54. The number of likely N-dealkylation sites (N-methyl/N-ethyl adjacent to an activating group) is 2. The smallest absolute Gasteiger partial charge is 0.318 e. The molecule has 0 bridgehead atoms. The molecular formula is C16H26N6O2. The molecule has 2 aliphatic rings. The standard InChI is InChI=1S/C16H26N6O2/c1-4-21-9-10-22(11-13(21)14-17-6-8-19(14)2)16(24)18-12-5-7-20(3)15(12)23/h6,8,12-13H,4-5,7,9-11H2,1-3H3,(H,18,24)/t12-,13+/m0/s1. The van der Waals surface area contributed by atoms with E-state index in [1.807, 2.05) is 17.8 Å². The predicted octanol–water partition coefficient (Wildman–Crippen LogP) is 0.0390. The lowest BCUT2D eigenvalue weighted by atomic mass is 10.1. The van der Waals surface area contributed by atoms with E-state index in [-0.39, 0.29) is 18.0 Å². The highest BCUT2D eigenvalue weighted by Crippen LogP contribution is 2.24. The Morgan fingerprint density at radius 3 is 2.71 bits per heavy atom. The molecule has 0 aromatic carbocycles. The first-order chi connectivity index (χ1) is 11.5. The van der Waals surface area contributed by atoms with E-state index in [1.54, 1.807) is 23.0 Å². The minimum Gasteiger partial charge on any atom is -0.344 e. The molecule has 0 aliphatic carbocycles. The zero-order valence-electron chi connectivity index (χ0n) is 14.6. The van der Waals surface area contributed by atoms with E-state index in [2.05, 4.69) is 22.1 Å². The molecule has 3 heterocycles. The minimum atomic E-state index is -0.390. The van der Waals surface area contributed by atoms with Crippen molar-refractivity contribution in [3.63, 3.8) is 0 Å². The van der Waals surface area contributed by atoms with E-state index in [0.29, 0.717) is 26.1 Å². The summed E-state index contributed by atoms with van der Waals surface area (Å²) in [6.45, 7) is 5.79. The summed E-state index contributed by atoms with van der Waals surface area (Å²) in [6, 6.07) is -0.464. The van der Waals surface area contributed by atoms with Crippen molar-refractivity contribution in [3.05, 3.63) is 18.2 Å². The number of carbonyl (C=O) groups is 2. The van der Waals surface area contributed by atoms with Crippen molar-refractivity contribution < 1.29 is 9.59 Å². The third-order valence-corrected chi connectivity index (χ3v) is 5.07. The molecule has 2 aliphatic heterocycles. The molecule has 8 heteroatoms. The Morgan fingerprint density at radius 1 is 1.33 bits per heavy atom. The maximum Gasteiger partial charge on any atom is 0.318 e. The largest absolute Gasteiger partial charge is 0.344 e. The van der Waals surface area contributed by atoms with Gasteiger partial charge >= 0.3 is 6.03 Å². The fourth-order valence-electron chi connectivity index (χ4n) is 3.52. The monoisotopic (exact) mass is 334 g/mol. The molecule has 3 rings (SSSR count). The molecule has 1 aromatic heterocycles. The predicted molar refractivity (Wildman–Crippen MR) is 89.3 cm³/mol. The maximum absolute atomic E-state index is 12.6. The van der Waals surface area contributed by atoms with Gasteiger partial charge in [0.2, 0.25) is 5.91 Å². The topological polar surface area (TPSA) is 73.7 Å².